The molecule has 1 aliphatic carbocycles. The molecule has 0 spiro atoms. The molecule has 1 atom stereocenters. The van der Waals surface area contributed by atoms with Crippen molar-refractivity contribution in [2.24, 2.45) is 5.92 Å². The molecule has 1 aromatic rings. The summed E-state index contributed by atoms with van der Waals surface area (Å²) in [6.07, 6.45) is 6.17. The zero-order valence-corrected chi connectivity index (χ0v) is 12.7. The number of carbonyl (C=O) groups excluding carboxylic acids is 1. The molecule has 4 heteroatoms. The maximum atomic E-state index is 11.9. The molecule has 20 heavy (non-hydrogen) atoms. The fourth-order valence-electron chi connectivity index (χ4n) is 3.03. The summed E-state index contributed by atoms with van der Waals surface area (Å²) in [5.74, 6) is 0.561. The number of rotatable bonds is 5. The van der Waals surface area contributed by atoms with Gasteiger partial charge in [-0.1, -0.05) is 43.0 Å². The highest BCUT2D eigenvalue weighted by molar-refractivity contribution is 6.30. The summed E-state index contributed by atoms with van der Waals surface area (Å²) in [7, 11) is 1.79. The van der Waals surface area contributed by atoms with Gasteiger partial charge in [0, 0.05) is 5.02 Å². The zero-order valence-electron chi connectivity index (χ0n) is 12.0. The minimum atomic E-state index is 0.0445. The number of halogens is 1. The lowest BCUT2D eigenvalue weighted by atomic mass is 9.81. The van der Waals surface area contributed by atoms with Crippen LogP contribution in [0.1, 0.15) is 43.7 Å². The predicted octanol–water partition coefficient (Wildman–Crippen LogP) is 3.30. The van der Waals surface area contributed by atoms with Gasteiger partial charge in [-0.05, 0) is 43.5 Å². The van der Waals surface area contributed by atoms with Crippen LogP contribution in [-0.2, 0) is 4.79 Å². The molecular weight excluding hydrogens is 272 g/mol. The Bertz CT molecular complexity index is 444. The molecule has 0 radical (unpaired) electrons. The average Bonchev–Trinajstić information content (AvgIpc) is 2.46. The van der Waals surface area contributed by atoms with E-state index in [2.05, 4.69) is 16.7 Å². The normalized spacial score (nSPS) is 17.7. The van der Waals surface area contributed by atoms with E-state index >= 15 is 0 Å². The maximum Gasteiger partial charge on any atom is 0.234 e. The molecule has 1 saturated carbocycles. The third-order valence-electron chi connectivity index (χ3n) is 3.98. The van der Waals surface area contributed by atoms with Crippen LogP contribution < -0.4 is 10.6 Å². The van der Waals surface area contributed by atoms with Gasteiger partial charge in [0.1, 0.15) is 0 Å². The summed E-state index contributed by atoms with van der Waals surface area (Å²) < 4.78 is 0. The third-order valence-corrected chi connectivity index (χ3v) is 4.22. The van der Waals surface area contributed by atoms with Crippen LogP contribution in [0.5, 0.6) is 0 Å². The van der Waals surface area contributed by atoms with Gasteiger partial charge in [0.15, 0.2) is 0 Å². The van der Waals surface area contributed by atoms with Gasteiger partial charge in [-0.25, -0.2) is 0 Å². The molecule has 1 aliphatic rings. The van der Waals surface area contributed by atoms with Crippen LogP contribution in [0.15, 0.2) is 24.3 Å². The highest BCUT2D eigenvalue weighted by atomic mass is 35.5. The van der Waals surface area contributed by atoms with Crippen molar-refractivity contribution < 1.29 is 4.79 Å². The molecule has 0 saturated heterocycles. The molecule has 0 heterocycles. The maximum absolute atomic E-state index is 11.9. The molecule has 1 amide bonds. The van der Waals surface area contributed by atoms with E-state index in [4.69, 9.17) is 11.6 Å². The first-order valence-electron chi connectivity index (χ1n) is 7.40. The topological polar surface area (TPSA) is 41.1 Å². The van der Waals surface area contributed by atoms with E-state index in [9.17, 15) is 4.79 Å². The zero-order chi connectivity index (χ0) is 14.4. The molecule has 1 unspecified atom stereocenters. The van der Waals surface area contributed by atoms with Gasteiger partial charge in [-0.15, -0.1) is 0 Å². The highest BCUT2D eigenvalue weighted by Gasteiger charge is 2.26. The molecule has 1 fully saturated rings. The lowest BCUT2D eigenvalue weighted by Gasteiger charge is -2.31. The van der Waals surface area contributed by atoms with Crippen molar-refractivity contribution in [2.75, 3.05) is 13.6 Å². The van der Waals surface area contributed by atoms with Gasteiger partial charge in [0.05, 0.1) is 12.6 Å². The Kier molecular flexibility index (Phi) is 5.86. The predicted molar refractivity (Wildman–Crippen MR) is 82.8 cm³/mol. The van der Waals surface area contributed by atoms with Crippen LogP contribution >= 0.6 is 11.6 Å². The van der Waals surface area contributed by atoms with Gasteiger partial charge in [0.25, 0.3) is 0 Å². The highest BCUT2D eigenvalue weighted by Crippen LogP contribution is 2.35. The first kappa shape index (κ1) is 15.3. The Morgan fingerprint density at radius 2 is 2.10 bits per heavy atom. The van der Waals surface area contributed by atoms with Gasteiger partial charge in [-0.2, -0.15) is 0 Å². The van der Waals surface area contributed by atoms with Gasteiger partial charge >= 0.3 is 0 Å². The number of hydrogen-bond acceptors (Lipinski definition) is 2. The second kappa shape index (κ2) is 7.65. The van der Waals surface area contributed by atoms with E-state index in [0.29, 0.717) is 12.5 Å². The molecule has 0 aromatic heterocycles. The minimum Gasteiger partial charge on any atom is -0.348 e. The average molecular weight is 295 g/mol. The summed E-state index contributed by atoms with van der Waals surface area (Å²) in [6.45, 7) is 0.351. The standard InChI is InChI=1S/C16H23ClN2O/c1-18-11-15(20)19-16(12-6-3-2-4-7-12)13-8-5-9-14(17)10-13/h5,8-10,12,16,18H,2-4,6-7,11H2,1H3,(H,19,20). The van der Waals surface area contributed by atoms with E-state index in [1.54, 1.807) is 7.05 Å². The van der Waals surface area contributed by atoms with Gasteiger partial charge in [0.2, 0.25) is 5.91 Å². The van der Waals surface area contributed by atoms with Crippen molar-refractivity contribution in [3.8, 4) is 0 Å². The van der Waals surface area contributed by atoms with Crippen LogP contribution in [0.3, 0.4) is 0 Å². The molecule has 1 aromatic carbocycles. The van der Waals surface area contributed by atoms with E-state index in [1.807, 2.05) is 18.2 Å². The fourth-order valence-corrected chi connectivity index (χ4v) is 3.22. The van der Waals surface area contributed by atoms with Crippen LogP contribution in [0.25, 0.3) is 0 Å². The summed E-state index contributed by atoms with van der Waals surface area (Å²) in [6, 6.07) is 7.94. The molecule has 3 nitrogen and oxygen atoms in total. The lowest BCUT2D eigenvalue weighted by Crippen LogP contribution is -2.38. The molecule has 2 N–H and O–H groups in total. The monoisotopic (exact) mass is 294 g/mol. The van der Waals surface area contributed by atoms with E-state index in [-0.39, 0.29) is 11.9 Å². The first-order valence-corrected chi connectivity index (χ1v) is 7.78. The number of carbonyl (C=O) groups is 1. The molecule has 110 valence electrons. The van der Waals surface area contributed by atoms with E-state index in [1.165, 1.54) is 32.1 Å². The largest absolute Gasteiger partial charge is 0.348 e. The van der Waals surface area contributed by atoms with Gasteiger partial charge < -0.3 is 10.6 Å². The number of amides is 1. The number of benzene rings is 1. The Labute approximate surface area is 126 Å². The first-order chi connectivity index (χ1) is 9.70. The summed E-state index contributed by atoms with van der Waals surface area (Å²) in [5, 5.41) is 6.80. The van der Waals surface area contributed by atoms with E-state index < -0.39 is 0 Å². The van der Waals surface area contributed by atoms with Crippen molar-refractivity contribution in [3.63, 3.8) is 0 Å². The Morgan fingerprint density at radius 3 is 2.75 bits per heavy atom. The Morgan fingerprint density at radius 1 is 1.35 bits per heavy atom. The molecule has 0 bridgehead atoms. The third kappa shape index (κ3) is 4.22. The van der Waals surface area contributed by atoms with Crippen molar-refractivity contribution >= 4 is 17.5 Å². The second-order valence-electron chi connectivity index (χ2n) is 5.53. The molecule has 0 aliphatic heterocycles. The SMILES string of the molecule is CNCC(=O)NC(c1cccc(Cl)c1)C1CCCCC1. The summed E-state index contributed by atoms with van der Waals surface area (Å²) in [5.41, 5.74) is 1.12. The van der Waals surface area contributed by atoms with Crippen LogP contribution in [-0.4, -0.2) is 19.5 Å². The minimum absolute atomic E-state index is 0.0445. The number of likely N-dealkylation sites (N-methyl/N-ethyl adjacent to an activating group) is 1. The smallest absolute Gasteiger partial charge is 0.234 e. The van der Waals surface area contributed by atoms with Crippen molar-refractivity contribution in [2.45, 2.75) is 38.1 Å². The fraction of sp³-hybridized carbons (Fsp3) is 0.562. The van der Waals surface area contributed by atoms with E-state index in [0.717, 1.165) is 10.6 Å². The van der Waals surface area contributed by atoms with Crippen molar-refractivity contribution in [1.82, 2.24) is 10.6 Å². The number of hydrogen-bond donors (Lipinski definition) is 2. The lowest BCUT2D eigenvalue weighted by molar-refractivity contribution is -0.121. The van der Waals surface area contributed by atoms with Crippen LogP contribution in [0, 0.1) is 5.92 Å². The van der Waals surface area contributed by atoms with Gasteiger partial charge in [-0.3, -0.25) is 4.79 Å². The summed E-state index contributed by atoms with van der Waals surface area (Å²) in [4.78, 5) is 11.9. The van der Waals surface area contributed by atoms with Crippen LogP contribution in [0.4, 0.5) is 0 Å². The number of nitrogens with one attached hydrogen (secondary N) is 2. The van der Waals surface area contributed by atoms with Crippen molar-refractivity contribution in [1.29, 1.82) is 0 Å². The van der Waals surface area contributed by atoms with Crippen LogP contribution in [0.2, 0.25) is 5.02 Å². The Balaban J connectivity index is 2.16. The quantitative estimate of drug-likeness (QED) is 0.875. The molecular formula is C16H23ClN2O. The summed E-state index contributed by atoms with van der Waals surface area (Å²) >= 11 is 6.10. The molecule has 2 rings (SSSR count). The Hall–Kier alpha value is -1.06. The second-order valence-corrected chi connectivity index (χ2v) is 5.97. The van der Waals surface area contributed by atoms with Crippen molar-refractivity contribution in [3.05, 3.63) is 34.9 Å².